The van der Waals surface area contributed by atoms with Crippen molar-refractivity contribution in [1.29, 1.82) is 0 Å². The number of hydrogen-bond acceptors (Lipinski definition) is 3. The molecule has 0 aliphatic heterocycles. The van der Waals surface area contributed by atoms with Gasteiger partial charge in [-0.05, 0) is 12.1 Å². The Bertz CT molecular complexity index is 490. The lowest BCUT2D eigenvalue weighted by molar-refractivity contribution is -0.137. The maximum absolute atomic E-state index is 10.5. The number of anilines is 1. The summed E-state index contributed by atoms with van der Waals surface area (Å²) in [4.78, 5) is 14.6. The van der Waals surface area contributed by atoms with Crippen LogP contribution < -0.4 is 5.73 Å². The number of fused-ring (bicyclic) bond motifs is 1. The average molecular weight is 191 g/mol. The Balaban J connectivity index is 2.58. The largest absolute Gasteiger partial charge is 0.480 e. The fourth-order valence-electron chi connectivity index (χ4n) is 1.38. The van der Waals surface area contributed by atoms with Crippen molar-refractivity contribution >= 4 is 22.7 Å². The van der Waals surface area contributed by atoms with Crippen LogP contribution in [-0.4, -0.2) is 20.6 Å². The topological polar surface area (TPSA) is 81.1 Å². The normalized spacial score (nSPS) is 10.6. The number of carbonyl (C=O) groups is 1. The van der Waals surface area contributed by atoms with E-state index in [1.165, 1.54) is 0 Å². The minimum Gasteiger partial charge on any atom is -0.480 e. The van der Waals surface area contributed by atoms with Gasteiger partial charge in [-0.3, -0.25) is 4.79 Å². The number of carboxylic acids is 1. The minimum atomic E-state index is -0.897. The molecule has 0 atom stereocenters. The molecule has 2 aromatic heterocycles. The van der Waals surface area contributed by atoms with Crippen LogP contribution >= 0.6 is 0 Å². The Hall–Kier alpha value is -2.04. The van der Waals surface area contributed by atoms with Crippen LogP contribution in [0.1, 0.15) is 0 Å². The number of hydrogen-bond donors (Lipinski definition) is 2. The second-order valence-electron chi connectivity index (χ2n) is 2.97. The van der Waals surface area contributed by atoms with Crippen molar-refractivity contribution in [3.63, 3.8) is 0 Å². The van der Waals surface area contributed by atoms with Gasteiger partial charge in [-0.2, -0.15) is 0 Å². The van der Waals surface area contributed by atoms with Crippen LogP contribution in [-0.2, 0) is 11.3 Å². The molecule has 0 saturated carbocycles. The molecule has 0 unspecified atom stereocenters. The minimum absolute atomic E-state index is 0.0973. The third kappa shape index (κ3) is 1.28. The van der Waals surface area contributed by atoms with Gasteiger partial charge in [-0.1, -0.05) is 0 Å². The van der Waals surface area contributed by atoms with Gasteiger partial charge in [-0.15, -0.1) is 0 Å². The molecule has 3 N–H and O–H groups in total. The Labute approximate surface area is 79.8 Å². The van der Waals surface area contributed by atoms with Crippen LogP contribution in [0.25, 0.3) is 11.0 Å². The Morgan fingerprint density at radius 1 is 1.57 bits per heavy atom. The van der Waals surface area contributed by atoms with E-state index in [9.17, 15) is 4.79 Å². The zero-order valence-electron chi connectivity index (χ0n) is 7.34. The third-order valence-electron chi connectivity index (χ3n) is 2.00. The fourth-order valence-corrected chi connectivity index (χ4v) is 1.38. The zero-order valence-corrected chi connectivity index (χ0v) is 7.34. The number of nitrogens with two attached hydrogens (primary N) is 1. The molecule has 5 heteroatoms. The van der Waals surface area contributed by atoms with E-state index >= 15 is 0 Å². The van der Waals surface area contributed by atoms with Crippen molar-refractivity contribution in [2.45, 2.75) is 6.54 Å². The first-order valence-electron chi connectivity index (χ1n) is 4.09. The second-order valence-corrected chi connectivity index (χ2v) is 2.97. The van der Waals surface area contributed by atoms with Gasteiger partial charge in [0.1, 0.15) is 12.2 Å². The van der Waals surface area contributed by atoms with E-state index in [1.54, 1.807) is 29.1 Å². The summed E-state index contributed by atoms with van der Waals surface area (Å²) in [6.45, 7) is -0.0973. The Morgan fingerprint density at radius 3 is 3.07 bits per heavy atom. The number of nitrogen functional groups attached to an aromatic ring is 1. The van der Waals surface area contributed by atoms with E-state index in [1.807, 2.05) is 0 Å². The van der Waals surface area contributed by atoms with Gasteiger partial charge in [0.25, 0.3) is 0 Å². The highest BCUT2D eigenvalue weighted by Crippen LogP contribution is 2.19. The first-order valence-corrected chi connectivity index (χ1v) is 4.09. The van der Waals surface area contributed by atoms with E-state index in [4.69, 9.17) is 10.8 Å². The first kappa shape index (κ1) is 8.55. The summed E-state index contributed by atoms with van der Waals surface area (Å²) in [5, 5.41) is 9.42. The molecule has 0 fully saturated rings. The van der Waals surface area contributed by atoms with Gasteiger partial charge in [0.15, 0.2) is 0 Å². The van der Waals surface area contributed by atoms with Crippen LogP contribution in [0.5, 0.6) is 0 Å². The second kappa shape index (κ2) is 3.02. The number of carboxylic acid groups (broad SMARTS) is 1. The van der Waals surface area contributed by atoms with E-state index < -0.39 is 5.97 Å². The molecule has 0 aromatic carbocycles. The maximum atomic E-state index is 10.5. The van der Waals surface area contributed by atoms with Crippen LogP contribution in [0, 0.1) is 0 Å². The first-order chi connectivity index (χ1) is 6.68. The molecule has 0 amide bonds. The molecule has 0 aliphatic rings. The van der Waals surface area contributed by atoms with Crippen molar-refractivity contribution in [2.24, 2.45) is 0 Å². The molecule has 0 aliphatic carbocycles. The molecule has 0 saturated heterocycles. The van der Waals surface area contributed by atoms with Crippen molar-refractivity contribution in [3.05, 3.63) is 24.5 Å². The molecule has 72 valence electrons. The summed E-state index contributed by atoms with van der Waals surface area (Å²) < 4.78 is 1.55. The fraction of sp³-hybridized carbons (Fsp3) is 0.111. The van der Waals surface area contributed by atoms with Crippen LogP contribution in [0.3, 0.4) is 0 Å². The predicted octanol–water partition coefficient (Wildman–Crippen LogP) is 0.703. The quantitative estimate of drug-likeness (QED) is 0.732. The molecule has 2 rings (SSSR count). The lowest BCUT2D eigenvalue weighted by Gasteiger charge is -2.00. The number of aliphatic carboxylic acids is 1. The smallest absolute Gasteiger partial charge is 0.323 e. The lowest BCUT2D eigenvalue weighted by atomic mass is 10.3. The summed E-state index contributed by atoms with van der Waals surface area (Å²) in [5.41, 5.74) is 6.91. The maximum Gasteiger partial charge on any atom is 0.323 e. The molecule has 0 bridgehead atoms. The van der Waals surface area contributed by atoms with E-state index in [0.29, 0.717) is 11.3 Å². The lowest BCUT2D eigenvalue weighted by Crippen LogP contribution is -2.07. The molecule has 2 heterocycles. The number of pyridine rings is 1. The highest BCUT2D eigenvalue weighted by atomic mass is 16.4. The van der Waals surface area contributed by atoms with Crippen molar-refractivity contribution in [1.82, 2.24) is 9.55 Å². The third-order valence-corrected chi connectivity index (χ3v) is 2.00. The molecule has 0 spiro atoms. The van der Waals surface area contributed by atoms with Crippen molar-refractivity contribution in [3.8, 4) is 0 Å². The highest BCUT2D eigenvalue weighted by molar-refractivity contribution is 5.88. The van der Waals surface area contributed by atoms with Crippen molar-refractivity contribution < 1.29 is 9.90 Å². The summed E-state index contributed by atoms with van der Waals surface area (Å²) in [7, 11) is 0. The van der Waals surface area contributed by atoms with E-state index in [2.05, 4.69) is 4.98 Å². The zero-order chi connectivity index (χ0) is 10.1. The molecular weight excluding hydrogens is 182 g/mol. The summed E-state index contributed by atoms with van der Waals surface area (Å²) in [5.74, 6) is -0.897. The molecular formula is C9H9N3O2. The van der Waals surface area contributed by atoms with E-state index in [0.717, 1.165) is 5.39 Å². The van der Waals surface area contributed by atoms with Crippen molar-refractivity contribution in [2.75, 3.05) is 5.73 Å². The summed E-state index contributed by atoms with van der Waals surface area (Å²) in [6, 6.07) is 3.45. The average Bonchev–Trinajstić information content (AvgIpc) is 2.49. The molecule has 5 nitrogen and oxygen atoms in total. The van der Waals surface area contributed by atoms with Gasteiger partial charge in [0.2, 0.25) is 0 Å². The molecule has 14 heavy (non-hydrogen) atoms. The van der Waals surface area contributed by atoms with Crippen LogP contribution in [0.2, 0.25) is 0 Å². The van der Waals surface area contributed by atoms with Gasteiger partial charge >= 0.3 is 5.97 Å². The highest BCUT2D eigenvalue weighted by Gasteiger charge is 2.06. The number of rotatable bonds is 2. The van der Waals surface area contributed by atoms with Gasteiger partial charge in [0, 0.05) is 23.5 Å². The van der Waals surface area contributed by atoms with Gasteiger partial charge < -0.3 is 15.4 Å². The summed E-state index contributed by atoms with van der Waals surface area (Å²) in [6.07, 6.45) is 3.23. The monoisotopic (exact) mass is 191 g/mol. The Morgan fingerprint density at radius 2 is 2.36 bits per heavy atom. The molecule has 0 radical (unpaired) electrons. The SMILES string of the molecule is Nc1ccnc2c1ccn2CC(=O)O. The standard InChI is InChI=1S/C9H9N3O2/c10-7-1-3-11-9-6(7)2-4-12(9)5-8(13)14/h1-4H,5H2,(H2,10,11)(H,13,14). The van der Waals surface area contributed by atoms with Gasteiger partial charge in [0.05, 0.1) is 0 Å². The Kier molecular flexibility index (Phi) is 1.85. The number of aromatic nitrogens is 2. The van der Waals surface area contributed by atoms with Crippen LogP contribution in [0.4, 0.5) is 5.69 Å². The van der Waals surface area contributed by atoms with Gasteiger partial charge in [-0.25, -0.2) is 4.98 Å². The summed E-state index contributed by atoms with van der Waals surface area (Å²) >= 11 is 0. The van der Waals surface area contributed by atoms with Crippen LogP contribution in [0.15, 0.2) is 24.5 Å². The van der Waals surface area contributed by atoms with E-state index in [-0.39, 0.29) is 6.54 Å². The number of nitrogens with zero attached hydrogens (tertiary/aromatic N) is 2. The molecule has 2 aromatic rings. The predicted molar refractivity (Wildman–Crippen MR) is 51.8 cm³/mol.